The van der Waals surface area contributed by atoms with Crippen molar-refractivity contribution in [3.05, 3.63) is 48.3 Å². The van der Waals surface area contributed by atoms with E-state index in [0.29, 0.717) is 18.8 Å². The van der Waals surface area contributed by atoms with Crippen LogP contribution in [0.4, 0.5) is 17.6 Å². The molecule has 0 unspecified atom stereocenters. The number of rotatable bonds is 4. The van der Waals surface area contributed by atoms with Gasteiger partial charge in [0.15, 0.2) is 0 Å². The number of benzene rings is 2. The number of fused-ring (bicyclic) bond motifs is 1. The molecule has 1 heterocycles. The molecule has 0 aliphatic heterocycles. The molecule has 3 rings (SSSR count). The molecule has 3 aromatic rings. The summed E-state index contributed by atoms with van der Waals surface area (Å²) in [5.41, 5.74) is 12.1. The van der Waals surface area contributed by atoms with E-state index in [9.17, 15) is 0 Å². The van der Waals surface area contributed by atoms with E-state index in [-0.39, 0.29) is 11.9 Å². The van der Waals surface area contributed by atoms with Crippen LogP contribution in [-0.4, -0.2) is 21.5 Å². The molecule has 1 aromatic heterocycles. The second-order valence-electron chi connectivity index (χ2n) is 4.71. The Morgan fingerprint density at radius 3 is 2.33 bits per heavy atom. The van der Waals surface area contributed by atoms with E-state index < -0.39 is 0 Å². The summed E-state index contributed by atoms with van der Waals surface area (Å²) in [5.74, 6) is 0.902. The average Bonchev–Trinajstić information content (AvgIpc) is 2.46. The highest BCUT2D eigenvalue weighted by Crippen LogP contribution is 2.18. The molecule has 0 radical (unpaired) electrons. The Morgan fingerprint density at radius 2 is 1.57 bits per heavy atom. The molecule has 6 nitrogen and oxygen atoms in total. The first-order valence-electron chi connectivity index (χ1n) is 6.69. The second kappa shape index (κ2) is 5.62. The zero-order chi connectivity index (χ0) is 14.7. The average molecular weight is 280 g/mol. The molecule has 2 aromatic carbocycles. The highest BCUT2D eigenvalue weighted by molar-refractivity contribution is 5.85. The molecule has 5 N–H and O–H groups in total. The maximum atomic E-state index is 5.54. The van der Waals surface area contributed by atoms with Crippen LogP contribution in [-0.2, 0) is 6.42 Å². The number of nitrogens with zero attached hydrogens (tertiary/aromatic N) is 3. The van der Waals surface area contributed by atoms with Gasteiger partial charge in [-0.1, -0.05) is 30.3 Å². The van der Waals surface area contributed by atoms with E-state index in [1.54, 1.807) is 0 Å². The van der Waals surface area contributed by atoms with Crippen LogP contribution in [0.2, 0.25) is 0 Å². The molecule has 0 saturated heterocycles. The minimum Gasteiger partial charge on any atom is -0.385 e. The van der Waals surface area contributed by atoms with Gasteiger partial charge in [0.1, 0.15) is 5.82 Å². The molecule has 21 heavy (non-hydrogen) atoms. The molecule has 0 bridgehead atoms. The van der Waals surface area contributed by atoms with Crippen LogP contribution in [0, 0.1) is 0 Å². The van der Waals surface area contributed by atoms with Gasteiger partial charge in [-0.3, -0.25) is 0 Å². The van der Waals surface area contributed by atoms with Gasteiger partial charge in [-0.15, -0.1) is 0 Å². The lowest BCUT2D eigenvalue weighted by atomic mass is 10.1. The summed E-state index contributed by atoms with van der Waals surface area (Å²) >= 11 is 0. The molecule has 106 valence electrons. The third-order valence-electron chi connectivity index (χ3n) is 3.14. The smallest absolute Gasteiger partial charge is 0.225 e. The van der Waals surface area contributed by atoms with Crippen molar-refractivity contribution >= 4 is 28.4 Å². The third kappa shape index (κ3) is 3.17. The van der Waals surface area contributed by atoms with Crippen molar-refractivity contribution in [1.29, 1.82) is 0 Å². The van der Waals surface area contributed by atoms with Crippen molar-refractivity contribution in [1.82, 2.24) is 15.0 Å². The van der Waals surface area contributed by atoms with Gasteiger partial charge < -0.3 is 16.8 Å². The molecular formula is C15H16N6. The lowest BCUT2D eigenvalue weighted by Crippen LogP contribution is -2.11. The number of hydrogen-bond donors (Lipinski definition) is 3. The van der Waals surface area contributed by atoms with Crippen LogP contribution in [0.5, 0.6) is 0 Å². The van der Waals surface area contributed by atoms with E-state index in [2.05, 4.69) is 50.6 Å². The number of anilines is 3. The fourth-order valence-corrected chi connectivity index (χ4v) is 2.19. The predicted molar refractivity (Wildman–Crippen MR) is 84.8 cm³/mol. The van der Waals surface area contributed by atoms with Crippen LogP contribution < -0.4 is 16.8 Å². The van der Waals surface area contributed by atoms with Crippen molar-refractivity contribution in [2.45, 2.75) is 6.42 Å². The van der Waals surface area contributed by atoms with E-state index in [0.717, 1.165) is 5.69 Å². The van der Waals surface area contributed by atoms with Gasteiger partial charge >= 0.3 is 0 Å². The summed E-state index contributed by atoms with van der Waals surface area (Å²) in [6.45, 7) is 0.696. The van der Waals surface area contributed by atoms with E-state index >= 15 is 0 Å². The molecule has 0 saturated carbocycles. The summed E-state index contributed by atoms with van der Waals surface area (Å²) in [6.07, 6.45) is 0.629. The molecule has 0 amide bonds. The maximum absolute atomic E-state index is 5.54. The number of nitrogens with one attached hydrogen (secondary N) is 1. The highest BCUT2D eigenvalue weighted by atomic mass is 15.1. The lowest BCUT2D eigenvalue weighted by Gasteiger charge is -2.07. The molecule has 0 fully saturated rings. The van der Waals surface area contributed by atoms with Crippen LogP contribution in [0.25, 0.3) is 10.8 Å². The monoisotopic (exact) mass is 280 g/mol. The molecular weight excluding hydrogens is 264 g/mol. The van der Waals surface area contributed by atoms with Crippen molar-refractivity contribution < 1.29 is 0 Å². The quantitative estimate of drug-likeness (QED) is 0.674. The van der Waals surface area contributed by atoms with Gasteiger partial charge in [0, 0.05) is 18.7 Å². The summed E-state index contributed by atoms with van der Waals surface area (Å²) < 4.78 is 0. The predicted octanol–water partition coefficient (Wildman–Crippen LogP) is 1.84. The second-order valence-corrected chi connectivity index (χ2v) is 4.71. The topological polar surface area (TPSA) is 103 Å². The fourth-order valence-electron chi connectivity index (χ4n) is 2.19. The van der Waals surface area contributed by atoms with Gasteiger partial charge in [0.25, 0.3) is 0 Å². The Labute approximate surface area is 122 Å². The lowest BCUT2D eigenvalue weighted by molar-refractivity contribution is 0.879. The summed E-state index contributed by atoms with van der Waals surface area (Å²) in [4.78, 5) is 11.8. The number of aromatic nitrogens is 3. The first-order chi connectivity index (χ1) is 10.2. The highest BCUT2D eigenvalue weighted by Gasteiger charge is 2.02. The van der Waals surface area contributed by atoms with E-state index in [1.165, 1.54) is 10.8 Å². The SMILES string of the molecule is Nc1nc(N)nc(CCNc2ccc3ccccc3c2)n1. The fraction of sp³-hybridized carbons (Fsp3) is 0.133. The zero-order valence-electron chi connectivity index (χ0n) is 11.5. The Kier molecular flexibility index (Phi) is 3.51. The Balaban J connectivity index is 1.66. The number of nitrogen functional groups attached to an aromatic ring is 2. The van der Waals surface area contributed by atoms with Gasteiger partial charge in [-0.2, -0.15) is 15.0 Å². The molecule has 0 spiro atoms. The number of hydrogen-bond acceptors (Lipinski definition) is 6. The Bertz CT molecular complexity index is 751. The van der Waals surface area contributed by atoms with Crippen molar-refractivity contribution in [3.63, 3.8) is 0 Å². The zero-order valence-corrected chi connectivity index (χ0v) is 11.5. The molecule has 0 aliphatic rings. The van der Waals surface area contributed by atoms with Crippen molar-refractivity contribution in [3.8, 4) is 0 Å². The normalized spacial score (nSPS) is 10.7. The summed E-state index contributed by atoms with van der Waals surface area (Å²) in [5, 5.41) is 5.77. The third-order valence-corrected chi connectivity index (χ3v) is 3.14. The standard InChI is InChI=1S/C15H16N6/c16-14-19-13(20-15(17)21-14)7-8-18-12-6-5-10-3-1-2-4-11(10)9-12/h1-6,9,18H,7-8H2,(H4,16,17,19,20,21). The maximum Gasteiger partial charge on any atom is 0.225 e. The Hall–Kier alpha value is -2.89. The van der Waals surface area contributed by atoms with E-state index in [1.807, 2.05) is 12.1 Å². The molecule has 0 aliphatic carbocycles. The first-order valence-corrected chi connectivity index (χ1v) is 6.69. The Morgan fingerprint density at radius 1 is 0.857 bits per heavy atom. The largest absolute Gasteiger partial charge is 0.385 e. The van der Waals surface area contributed by atoms with Crippen LogP contribution >= 0.6 is 0 Å². The van der Waals surface area contributed by atoms with Crippen LogP contribution in [0.1, 0.15) is 5.82 Å². The van der Waals surface area contributed by atoms with E-state index in [4.69, 9.17) is 11.5 Å². The van der Waals surface area contributed by atoms with Gasteiger partial charge in [0.2, 0.25) is 11.9 Å². The van der Waals surface area contributed by atoms with Crippen molar-refractivity contribution in [2.75, 3.05) is 23.3 Å². The minimum atomic E-state index is 0.156. The number of nitrogens with two attached hydrogens (primary N) is 2. The van der Waals surface area contributed by atoms with Gasteiger partial charge in [-0.25, -0.2) is 0 Å². The van der Waals surface area contributed by atoms with Crippen LogP contribution in [0.3, 0.4) is 0 Å². The van der Waals surface area contributed by atoms with Crippen LogP contribution in [0.15, 0.2) is 42.5 Å². The van der Waals surface area contributed by atoms with Crippen molar-refractivity contribution in [2.24, 2.45) is 0 Å². The van der Waals surface area contributed by atoms with Gasteiger partial charge in [0.05, 0.1) is 0 Å². The minimum absolute atomic E-state index is 0.156. The molecule has 6 heteroatoms. The summed E-state index contributed by atoms with van der Waals surface area (Å²) in [7, 11) is 0. The molecule has 0 atom stereocenters. The summed E-state index contributed by atoms with van der Waals surface area (Å²) in [6, 6.07) is 14.5. The van der Waals surface area contributed by atoms with Gasteiger partial charge in [-0.05, 0) is 22.9 Å². The first kappa shape index (κ1) is 13.1.